The molecular formula is C25H24F3NO5. The predicted molar refractivity (Wildman–Crippen MR) is 114 cm³/mol. The molecule has 2 N–H and O–H groups in total. The fourth-order valence-corrected chi connectivity index (χ4v) is 5.62. The zero-order valence-electron chi connectivity index (χ0n) is 18.5. The molecule has 0 spiro atoms. The largest absolute Gasteiger partial charge is 0.484 e. The molecule has 3 saturated carbocycles. The van der Waals surface area contributed by atoms with Gasteiger partial charge in [0.05, 0.1) is 6.10 Å². The molecule has 1 heterocycles. The number of benzene rings is 2. The molecule has 3 aliphatic carbocycles. The second kappa shape index (κ2) is 8.01. The first kappa shape index (κ1) is 22.7. The van der Waals surface area contributed by atoms with E-state index in [2.05, 4.69) is 5.32 Å². The van der Waals surface area contributed by atoms with Gasteiger partial charge in [0.2, 0.25) is 0 Å². The average molecular weight is 475 g/mol. The minimum absolute atomic E-state index is 0.0188. The second-order valence-corrected chi connectivity index (χ2v) is 9.86. The van der Waals surface area contributed by atoms with Gasteiger partial charge in [-0.2, -0.15) is 0 Å². The van der Waals surface area contributed by atoms with E-state index in [0.717, 1.165) is 12.1 Å². The van der Waals surface area contributed by atoms with Crippen molar-refractivity contribution in [2.24, 2.45) is 5.41 Å². The number of amides is 1. The van der Waals surface area contributed by atoms with Crippen LogP contribution >= 0.6 is 0 Å². The van der Waals surface area contributed by atoms with E-state index in [1.807, 2.05) is 0 Å². The Bertz CT molecular complexity index is 1160. The molecule has 2 bridgehead atoms. The third kappa shape index (κ3) is 4.02. The monoisotopic (exact) mass is 475 g/mol. The molecule has 2 aromatic rings. The lowest BCUT2D eigenvalue weighted by molar-refractivity contribution is -0.175. The van der Waals surface area contributed by atoms with Gasteiger partial charge >= 0.3 is 0 Å². The second-order valence-electron chi connectivity index (χ2n) is 9.86. The highest BCUT2D eigenvalue weighted by atomic mass is 19.2. The van der Waals surface area contributed by atoms with E-state index < -0.39 is 23.8 Å². The number of nitrogens with one attached hydrogen (secondary N) is 1. The van der Waals surface area contributed by atoms with Gasteiger partial charge in [0, 0.05) is 30.0 Å². The number of ether oxygens (including phenoxy) is 2. The van der Waals surface area contributed by atoms with Crippen molar-refractivity contribution in [3.63, 3.8) is 0 Å². The van der Waals surface area contributed by atoms with Crippen LogP contribution in [0.5, 0.6) is 11.5 Å². The van der Waals surface area contributed by atoms with Gasteiger partial charge in [-0.3, -0.25) is 9.59 Å². The molecule has 34 heavy (non-hydrogen) atoms. The van der Waals surface area contributed by atoms with Crippen molar-refractivity contribution in [1.29, 1.82) is 0 Å². The van der Waals surface area contributed by atoms with Gasteiger partial charge < -0.3 is 19.9 Å². The summed E-state index contributed by atoms with van der Waals surface area (Å²) in [6.07, 6.45) is 0.119. The zero-order valence-corrected chi connectivity index (χ0v) is 18.5. The Morgan fingerprint density at radius 3 is 2.53 bits per heavy atom. The molecule has 3 fully saturated rings. The van der Waals surface area contributed by atoms with Crippen molar-refractivity contribution in [2.45, 2.75) is 56.8 Å². The van der Waals surface area contributed by atoms with E-state index >= 15 is 0 Å². The normalized spacial score (nSPS) is 28.6. The highest BCUT2D eigenvalue weighted by Crippen LogP contribution is 2.69. The van der Waals surface area contributed by atoms with Gasteiger partial charge in [0.1, 0.15) is 17.3 Å². The number of Topliss-reactive ketones (excluding diaryl/α,β-unsaturated/α-hetero) is 1. The molecule has 0 radical (unpaired) electrons. The smallest absolute Gasteiger partial charge is 0.258 e. The van der Waals surface area contributed by atoms with Crippen LogP contribution in [-0.4, -0.2) is 35.0 Å². The summed E-state index contributed by atoms with van der Waals surface area (Å²) in [5, 5.41) is 13.2. The number of hydrogen-bond donors (Lipinski definition) is 2. The number of ketones is 1. The van der Waals surface area contributed by atoms with Gasteiger partial charge in [-0.25, -0.2) is 13.2 Å². The first-order valence-electron chi connectivity index (χ1n) is 11.1. The minimum atomic E-state index is -1.11. The topological polar surface area (TPSA) is 84.9 Å². The highest BCUT2D eigenvalue weighted by Gasteiger charge is 2.68. The highest BCUT2D eigenvalue weighted by molar-refractivity contribution is 5.85. The Balaban J connectivity index is 1.11. The van der Waals surface area contributed by atoms with Crippen molar-refractivity contribution in [1.82, 2.24) is 5.32 Å². The third-order valence-corrected chi connectivity index (χ3v) is 7.07. The fourth-order valence-electron chi connectivity index (χ4n) is 5.62. The minimum Gasteiger partial charge on any atom is -0.484 e. The summed E-state index contributed by atoms with van der Waals surface area (Å²) in [5.41, 5.74) is -0.00556. The predicted octanol–water partition coefficient (Wildman–Crippen LogP) is 3.67. The average Bonchev–Trinajstić information content (AvgIpc) is 2.73. The Morgan fingerprint density at radius 1 is 1.12 bits per heavy atom. The Labute approximate surface area is 194 Å². The Hall–Kier alpha value is -3.07. The standard InChI is InChI=1S/C25H24F3NO5/c1-13-4-14(2-3-16(13)26)33-9-23(32)29-25-10-24(11-25,12-25)8-20(31)22-7-19(30)15-5-17(27)18(28)6-21(15)34-22/h2-6,19,22,30H,7-12H2,1H3,(H,29,32)/t19-,22-,24?,25?/m0/s1. The van der Waals surface area contributed by atoms with E-state index in [4.69, 9.17) is 9.47 Å². The van der Waals surface area contributed by atoms with E-state index in [1.54, 1.807) is 6.92 Å². The van der Waals surface area contributed by atoms with Gasteiger partial charge in [-0.05, 0) is 61.4 Å². The Morgan fingerprint density at radius 2 is 1.82 bits per heavy atom. The molecule has 9 heteroatoms. The van der Waals surface area contributed by atoms with Crippen LogP contribution in [0.2, 0.25) is 0 Å². The van der Waals surface area contributed by atoms with Crippen molar-refractivity contribution >= 4 is 11.7 Å². The molecule has 1 amide bonds. The van der Waals surface area contributed by atoms with Gasteiger partial charge in [-0.1, -0.05) is 0 Å². The number of aryl methyl sites for hydroxylation is 1. The van der Waals surface area contributed by atoms with E-state index in [9.17, 15) is 27.9 Å². The molecule has 0 aromatic heterocycles. The number of hydrogen-bond acceptors (Lipinski definition) is 5. The maximum Gasteiger partial charge on any atom is 0.258 e. The van der Waals surface area contributed by atoms with Crippen LogP contribution < -0.4 is 14.8 Å². The van der Waals surface area contributed by atoms with Crippen LogP contribution in [-0.2, 0) is 9.59 Å². The summed E-state index contributed by atoms with van der Waals surface area (Å²) in [4.78, 5) is 25.1. The summed E-state index contributed by atoms with van der Waals surface area (Å²) in [6.45, 7) is 1.42. The van der Waals surface area contributed by atoms with Crippen molar-refractivity contribution in [2.75, 3.05) is 6.61 Å². The number of rotatable bonds is 7. The first-order valence-corrected chi connectivity index (χ1v) is 11.1. The molecule has 180 valence electrons. The van der Waals surface area contributed by atoms with Crippen molar-refractivity contribution in [3.8, 4) is 11.5 Å². The van der Waals surface area contributed by atoms with Crippen LogP contribution in [0.1, 0.15) is 49.3 Å². The van der Waals surface area contributed by atoms with E-state index in [-0.39, 0.29) is 59.2 Å². The van der Waals surface area contributed by atoms with Crippen LogP contribution in [0.15, 0.2) is 30.3 Å². The van der Waals surface area contributed by atoms with Crippen LogP contribution in [0.25, 0.3) is 0 Å². The number of aliphatic hydroxyl groups is 1. The molecule has 0 unspecified atom stereocenters. The number of halogens is 3. The van der Waals surface area contributed by atoms with Crippen LogP contribution in [0.3, 0.4) is 0 Å². The molecule has 1 aliphatic heterocycles. The van der Waals surface area contributed by atoms with Crippen molar-refractivity contribution in [3.05, 3.63) is 58.9 Å². The lowest BCUT2D eigenvalue weighted by Gasteiger charge is -2.70. The van der Waals surface area contributed by atoms with Gasteiger partial charge in [-0.15, -0.1) is 0 Å². The SMILES string of the molecule is Cc1cc(OCC(=O)NC23CC(CC(=O)[C@@H]4C[C@H](O)c5cc(F)c(F)cc5O4)(C2)C3)ccc1F. The number of carbonyl (C=O) groups excluding carboxylic acids is 2. The van der Waals surface area contributed by atoms with Crippen molar-refractivity contribution < 1.29 is 37.3 Å². The lowest BCUT2D eigenvalue weighted by Crippen LogP contribution is -2.75. The first-order chi connectivity index (χ1) is 16.1. The van der Waals surface area contributed by atoms with E-state index in [1.165, 1.54) is 18.2 Å². The van der Waals surface area contributed by atoms with Gasteiger partial charge in [0.25, 0.3) is 5.91 Å². The molecule has 2 atom stereocenters. The molecule has 0 saturated heterocycles. The summed E-state index contributed by atoms with van der Waals surface area (Å²) < 4.78 is 51.4. The molecule has 2 aromatic carbocycles. The number of aliphatic hydroxyl groups excluding tert-OH is 1. The van der Waals surface area contributed by atoms with Crippen LogP contribution in [0, 0.1) is 29.8 Å². The molecule has 4 aliphatic rings. The number of fused-ring (bicyclic) bond motifs is 1. The van der Waals surface area contributed by atoms with E-state index in [0.29, 0.717) is 30.6 Å². The quantitative estimate of drug-likeness (QED) is 0.639. The lowest BCUT2D eigenvalue weighted by atomic mass is 9.38. The fraction of sp³-hybridized carbons (Fsp3) is 0.440. The summed E-state index contributed by atoms with van der Waals surface area (Å²) in [5.74, 6) is -2.62. The summed E-state index contributed by atoms with van der Waals surface area (Å²) in [6, 6.07) is 6.02. The van der Waals surface area contributed by atoms with Gasteiger partial charge in [0.15, 0.2) is 30.1 Å². The maximum absolute atomic E-state index is 13.6. The summed E-state index contributed by atoms with van der Waals surface area (Å²) >= 11 is 0. The summed E-state index contributed by atoms with van der Waals surface area (Å²) in [7, 11) is 0. The zero-order chi connectivity index (χ0) is 24.3. The third-order valence-electron chi connectivity index (χ3n) is 7.07. The number of carbonyl (C=O) groups is 2. The van der Waals surface area contributed by atoms with Crippen LogP contribution in [0.4, 0.5) is 13.2 Å². The molecule has 6 rings (SSSR count). The molecule has 6 nitrogen and oxygen atoms in total. The maximum atomic E-state index is 13.6. The Kier molecular flexibility index (Phi) is 5.35. The molecular weight excluding hydrogens is 451 g/mol.